The van der Waals surface area contributed by atoms with Gasteiger partial charge < -0.3 is 19.2 Å². The van der Waals surface area contributed by atoms with E-state index in [0.717, 1.165) is 5.06 Å². The van der Waals surface area contributed by atoms with Gasteiger partial charge in [-0.05, 0) is 48.9 Å². The number of amides is 1. The molecule has 0 aliphatic heterocycles. The van der Waals surface area contributed by atoms with E-state index >= 15 is 0 Å². The van der Waals surface area contributed by atoms with Crippen LogP contribution in [0.4, 0.5) is 0 Å². The van der Waals surface area contributed by atoms with Gasteiger partial charge in [0.1, 0.15) is 17.0 Å². The van der Waals surface area contributed by atoms with E-state index in [1.54, 1.807) is 67.6 Å². The first-order valence-corrected chi connectivity index (χ1v) is 12.0. The SMILES string of the molecule is CCN(Oc1ccc(Cl)cc1Cl)C(=O)c1c(-c2cccc(CC(=O)O)c2)noc1-c1cccc(OC)c1. The maximum atomic E-state index is 13.9. The molecule has 4 rings (SSSR count). The number of hydroxylamine groups is 2. The van der Waals surface area contributed by atoms with Crippen molar-refractivity contribution in [2.75, 3.05) is 13.7 Å². The van der Waals surface area contributed by atoms with Gasteiger partial charge >= 0.3 is 5.97 Å². The molecule has 3 aromatic carbocycles. The van der Waals surface area contributed by atoms with Gasteiger partial charge in [-0.15, -0.1) is 0 Å². The van der Waals surface area contributed by atoms with E-state index in [-0.39, 0.29) is 40.8 Å². The molecule has 0 saturated heterocycles. The van der Waals surface area contributed by atoms with Crippen LogP contribution in [0.2, 0.25) is 10.0 Å². The Morgan fingerprint density at radius 2 is 1.78 bits per heavy atom. The molecule has 8 nitrogen and oxygen atoms in total. The second-order valence-electron chi connectivity index (χ2n) is 7.90. The Balaban J connectivity index is 1.83. The van der Waals surface area contributed by atoms with Crippen LogP contribution in [-0.2, 0) is 11.2 Å². The summed E-state index contributed by atoms with van der Waals surface area (Å²) in [5.74, 6) is -0.506. The van der Waals surface area contributed by atoms with Crippen molar-refractivity contribution in [1.82, 2.24) is 10.2 Å². The van der Waals surface area contributed by atoms with Crippen LogP contribution in [0.3, 0.4) is 0 Å². The monoisotopic (exact) mass is 540 g/mol. The van der Waals surface area contributed by atoms with Gasteiger partial charge in [-0.3, -0.25) is 9.59 Å². The summed E-state index contributed by atoms with van der Waals surface area (Å²) in [4.78, 5) is 31.0. The Morgan fingerprint density at radius 1 is 1.03 bits per heavy atom. The highest BCUT2D eigenvalue weighted by atomic mass is 35.5. The van der Waals surface area contributed by atoms with Crippen LogP contribution in [0.25, 0.3) is 22.6 Å². The molecule has 0 saturated carbocycles. The highest BCUT2D eigenvalue weighted by Gasteiger charge is 2.30. The van der Waals surface area contributed by atoms with Crippen molar-refractivity contribution in [3.05, 3.63) is 87.9 Å². The fourth-order valence-corrected chi connectivity index (χ4v) is 4.14. The largest absolute Gasteiger partial charge is 0.497 e. The minimum Gasteiger partial charge on any atom is -0.497 e. The van der Waals surface area contributed by atoms with Gasteiger partial charge in [-0.25, -0.2) is 0 Å². The molecule has 0 aliphatic rings. The molecule has 0 radical (unpaired) electrons. The number of hydrogen-bond acceptors (Lipinski definition) is 6. The average Bonchev–Trinajstić information content (AvgIpc) is 3.33. The zero-order valence-electron chi connectivity index (χ0n) is 19.9. The minimum atomic E-state index is -0.976. The third-order valence-corrected chi connectivity index (χ3v) is 5.94. The second kappa shape index (κ2) is 11.4. The van der Waals surface area contributed by atoms with E-state index in [1.165, 1.54) is 13.2 Å². The van der Waals surface area contributed by atoms with E-state index in [2.05, 4.69) is 5.16 Å². The molecular weight excluding hydrogens is 519 g/mol. The van der Waals surface area contributed by atoms with E-state index in [4.69, 9.17) is 37.3 Å². The molecule has 1 aromatic heterocycles. The number of benzene rings is 3. The lowest BCUT2D eigenvalue weighted by atomic mass is 9.99. The van der Waals surface area contributed by atoms with Gasteiger partial charge in [0.15, 0.2) is 11.5 Å². The summed E-state index contributed by atoms with van der Waals surface area (Å²) in [7, 11) is 1.54. The zero-order valence-corrected chi connectivity index (χ0v) is 21.4. The predicted molar refractivity (Wildman–Crippen MR) is 139 cm³/mol. The Labute approximate surface area is 222 Å². The number of carbonyl (C=O) groups is 2. The van der Waals surface area contributed by atoms with Crippen LogP contribution in [-0.4, -0.2) is 40.9 Å². The summed E-state index contributed by atoms with van der Waals surface area (Å²) in [6.45, 7) is 1.91. The number of ether oxygens (including phenoxy) is 1. The average molecular weight is 541 g/mol. The molecule has 0 aliphatic carbocycles. The Morgan fingerprint density at radius 3 is 2.49 bits per heavy atom. The fourth-order valence-electron chi connectivity index (χ4n) is 3.69. The molecule has 1 N–H and O–H groups in total. The molecule has 0 atom stereocenters. The van der Waals surface area contributed by atoms with Gasteiger partial charge in [0, 0.05) is 16.1 Å². The maximum Gasteiger partial charge on any atom is 0.307 e. The topological polar surface area (TPSA) is 102 Å². The van der Waals surface area contributed by atoms with Crippen molar-refractivity contribution >= 4 is 35.1 Å². The lowest BCUT2D eigenvalue weighted by molar-refractivity contribution is -0.136. The number of methoxy groups -OCH3 is 1. The molecule has 1 amide bonds. The van der Waals surface area contributed by atoms with E-state index in [0.29, 0.717) is 27.5 Å². The van der Waals surface area contributed by atoms with E-state index in [1.807, 2.05) is 0 Å². The van der Waals surface area contributed by atoms with Crippen LogP contribution in [0.15, 0.2) is 71.3 Å². The Bertz CT molecular complexity index is 1450. The van der Waals surface area contributed by atoms with Crippen LogP contribution >= 0.6 is 23.2 Å². The van der Waals surface area contributed by atoms with Crippen LogP contribution < -0.4 is 9.57 Å². The van der Waals surface area contributed by atoms with Crippen LogP contribution in [0.5, 0.6) is 11.5 Å². The van der Waals surface area contributed by atoms with Gasteiger partial charge in [-0.2, -0.15) is 5.06 Å². The number of aliphatic carboxylic acids is 1. The lowest BCUT2D eigenvalue weighted by Crippen LogP contribution is -2.34. The van der Waals surface area contributed by atoms with Crippen molar-refractivity contribution in [3.8, 4) is 34.1 Å². The molecule has 0 spiro atoms. The number of rotatable bonds is 9. The number of nitrogens with zero attached hydrogens (tertiary/aromatic N) is 2. The standard InChI is InChI=1S/C27H22Cl2N2O6/c1-3-31(37-22-11-10-19(28)15-21(22)29)27(34)24-25(17-7-4-6-16(12-17)13-23(32)33)30-36-26(24)18-8-5-9-20(14-18)35-2/h4-12,14-15H,3,13H2,1-2H3,(H,32,33). The fraction of sp³-hybridized carbons (Fsp3) is 0.148. The molecule has 0 fully saturated rings. The van der Waals surface area contributed by atoms with E-state index < -0.39 is 11.9 Å². The van der Waals surface area contributed by atoms with Gasteiger partial charge in [0.25, 0.3) is 5.91 Å². The summed E-state index contributed by atoms with van der Waals surface area (Å²) in [6, 6.07) is 18.4. The number of carbonyl (C=O) groups excluding carboxylic acids is 1. The molecule has 0 bridgehead atoms. The Hall–Kier alpha value is -4.01. The van der Waals surface area contributed by atoms with Crippen LogP contribution in [0.1, 0.15) is 22.8 Å². The number of hydrogen-bond donors (Lipinski definition) is 1. The summed E-state index contributed by atoms with van der Waals surface area (Å²) in [5, 5.41) is 15.2. The summed E-state index contributed by atoms with van der Waals surface area (Å²) in [5.41, 5.74) is 1.99. The van der Waals surface area contributed by atoms with Crippen LogP contribution in [0, 0.1) is 0 Å². The lowest BCUT2D eigenvalue weighted by Gasteiger charge is -2.22. The summed E-state index contributed by atoms with van der Waals surface area (Å²) >= 11 is 12.3. The van der Waals surface area contributed by atoms with Crippen molar-refractivity contribution in [2.24, 2.45) is 0 Å². The quantitative estimate of drug-likeness (QED) is 0.245. The molecular formula is C27H22Cl2N2O6. The number of halogens is 2. The first kappa shape index (κ1) is 26.1. The number of carboxylic acid groups (broad SMARTS) is 1. The van der Waals surface area contributed by atoms with Gasteiger partial charge in [0.2, 0.25) is 0 Å². The summed E-state index contributed by atoms with van der Waals surface area (Å²) in [6.07, 6.45) is -0.184. The normalized spacial score (nSPS) is 10.7. The molecule has 1 heterocycles. The van der Waals surface area contributed by atoms with Crippen molar-refractivity contribution in [2.45, 2.75) is 13.3 Å². The van der Waals surface area contributed by atoms with E-state index in [9.17, 15) is 14.7 Å². The van der Waals surface area contributed by atoms with Crippen molar-refractivity contribution < 1.29 is 28.8 Å². The number of aromatic nitrogens is 1. The molecule has 0 unspecified atom stereocenters. The van der Waals surface area contributed by atoms with Gasteiger partial charge in [0.05, 0.1) is 25.1 Å². The first-order chi connectivity index (χ1) is 17.8. The predicted octanol–water partition coefficient (Wildman–Crippen LogP) is 6.41. The highest BCUT2D eigenvalue weighted by molar-refractivity contribution is 6.35. The number of carboxylic acids is 1. The molecule has 4 aromatic rings. The smallest absolute Gasteiger partial charge is 0.307 e. The summed E-state index contributed by atoms with van der Waals surface area (Å²) < 4.78 is 11.0. The maximum absolute atomic E-state index is 13.9. The second-order valence-corrected chi connectivity index (χ2v) is 8.75. The minimum absolute atomic E-state index is 0.132. The van der Waals surface area contributed by atoms with Crippen molar-refractivity contribution in [1.29, 1.82) is 0 Å². The molecule has 10 heteroatoms. The van der Waals surface area contributed by atoms with Crippen molar-refractivity contribution in [3.63, 3.8) is 0 Å². The highest BCUT2D eigenvalue weighted by Crippen LogP contribution is 2.36. The molecule has 190 valence electrons. The first-order valence-electron chi connectivity index (χ1n) is 11.2. The Kier molecular flexibility index (Phi) is 8.01. The zero-order chi connectivity index (χ0) is 26.5. The third kappa shape index (κ3) is 5.87. The molecule has 37 heavy (non-hydrogen) atoms. The van der Waals surface area contributed by atoms with Gasteiger partial charge in [-0.1, -0.05) is 58.7 Å². The third-order valence-electron chi connectivity index (χ3n) is 5.41.